The Morgan fingerprint density at radius 3 is 2.11 bits per heavy atom. The molecule has 0 saturated heterocycles. The smallest absolute Gasteiger partial charge is 0.408 e. The maximum atomic E-state index is 14.9. The third-order valence-corrected chi connectivity index (χ3v) is 7.70. The topological polar surface area (TPSA) is 137 Å². The van der Waals surface area contributed by atoms with Crippen molar-refractivity contribution in [2.75, 3.05) is 12.4 Å². The predicted molar refractivity (Wildman–Crippen MR) is 183 cm³/mol. The highest BCUT2D eigenvalue weighted by Crippen LogP contribution is 2.35. The van der Waals surface area contributed by atoms with Crippen LogP contribution in [0.3, 0.4) is 0 Å². The third kappa shape index (κ3) is 10.7. The normalized spacial score (nSPS) is 13.3. The van der Waals surface area contributed by atoms with Gasteiger partial charge >= 0.3 is 6.09 Å². The lowest BCUT2D eigenvalue weighted by Crippen LogP contribution is -2.55. The summed E-state index contributed by atoms with van der Waals surface area (Å²) in [5, 5.41) is 26.8. The fraction of sp³-hybridized carbons (Fsp3) is 0.432. The van der Waals surface area contributed by atoms with Gasteiger partial charge in [0.15, 0.2) is 0 Å². The summed E-state index contributed by atoms with van der Waals surface area (Å²) in [6.07, 6.45) is 0.584. The van der Waals surface area contributed by atoms with E-state index in [1.807, 2.05) is 6.92 Å². The third-order valence-electron chi connectivity index (χ3n) is 7.70. The van der Waals surface area contributed by atoms with Crippen molar-refractivity contribution in [2.24, 2.45) is 5.92 Å². The molecule has 0 heterocycles. The number of benzene rings is 3. The van der Waals surface area contributed by atoms with Crippen LogP contribution in [0.2, 0.25) is 0 Å². The van der Waals surface area contributed by atoms with Crippen LogP contribution in [0.25, 0.3) is 0 Å². The van der Waals surface area contributed by atoms with Gasteiger partial charge in [-0.15, -0.1) is 0 Å². The van der Waals surface area contributed by atoms with Crippen LogP contribution in [0.4, 0.5) is 10.5 Å². The Bertz CT molecular complexity index is 1500. The van der Waals surface area contributed by atoms with E-state index < -0.39 is 41.6 Å². The standard InChI is InChI=1S/C37H49N3O7/c1-23(2)12-13-25(4)40(35(44)31(39-36(45)47-37(5,6)7)22-26-14-18-28(41)19-15-26)32(30-11-9-10-24(3)33(30)42)34(43)38-27-16-20-29(46-8)21-17-27/h9-11,14-21,23,25,31-32,41-42H,12-13,22H2,1-8H3,(H,38,43)(H,39,45). The summed E-state index contributed by atoms with van der Waals surface area (Å²) in [6, 6.07) is 15.3. The molecule has 3 unspecified atom stereocenters. The number of hydrogen-bond acceptors (Lipinski definition) is 7. The minimum atomic E-state index is -1.27. The number of ether oxygens (including phenoxy) is 2. The van der Waals surface area contributed by atoms with Crippen molar-refractivity contribution in [3.63, 3.8) is 0 Å². The van der Waals surface area contributed by atoms with Crippen LogP contribution in [0.5, 0.6) is 17.2 Å². The minimum absolute atomic E-state index is 0.0539. The number of aromatic hydroxyl groups is 2. The molecule has 0 fully saturated rings. The number of alkyl carbamates (subject to hydrolysis) is 1. The second-order valence-electron chi connectivity index (χ2n) is 13.3. The van der Waals surface area contributed by atoms with Crippen molar-refractivity contribution in [2.45, 2.75) is 91.5 Å². The number of amides is 3. The Morgan fingerprint density at radius 1 is 0.894 bits per heavy atom. The van der Waals surface area contributed by atoms with Gasteiger partial charge < -0.3 is 35.2 Å². The SMILES string of the molecule is COc1ccc(NC(=O)C(c2cccc(C)c2O)N(C(=O)C(Cc2ccc(O)cc2)NC(=O)OC(C)(C)C)C(C)CCC(C)C)cc1. The molecule has 3 aromatic carbocycles. The molecule has 0 spiro atoms. The molecule has 254 valence electrons. The van der Waals surface area contributed by atoms with Crippen LogP contribution in [0, 0.1) is 12.8 Å². The number of anilines is 1. The molecule has 10 nitrogen and oxygen atoms in total. The van der Waals surface area contributed by atoms with E-state index >= 15 is 0 Å². The highest BCUT2D eigenvalue weighted by atomic mass is 16.6. The number of nitrogens with one attached hydrogen (secondary N) is 2. The summed E-state index contributed by atoms with van der Waals surface area (Å²) in [5.74, 6) is -0.184. The second-order valence-corrected chi connectivity index (χ2v) is 13.3. The number of methoxy groups -OCH3 is 1. The van der Waals surface area contributed by atoms with Crippen LogP contribution < -0.4 is 15.4 Å². The highest BCUT2D eigenvalue weighted by molar-refractivity contribution is 5.99. The number of phenols is 2. The average Bonchev–Trinajstić information content (AvgIpc) is 3.00. The Balaban J connectivity index is 2.17. The molecule has 0 aliphatic rings. The lowest BCUT2D eigenvalue weighted by Gasteiger charge is -2.39. The molecule has 47 heavy (non-hydrogen) atoms. The Morgan fingerprint density at radius 2 is 1.53 bits per heavy atom. The first-order chi connectivity index (χ1) is 22.1. The highest BCUT2D eigenvalue weighted by Gasteiger charge is 2.40. The van der Waals surface area contributed by atoms with Crippen molar-refractivity contribution < 1.29 is 34.1 Å². The lowest BCUT2D eigenvalue weighted by molar-refractivity contribution is -0.143. The van der Waals surface area contributed by atoms with Gasteiger partial charge in [0.2, 0.25) is 5.91 Å². The second kappa shape index (κ2) is 16.2. The van der Waals surface area contributed by atoms with E-state index in [9.17, 15) is 24.6 Å². The number of hydrogen-bond donors (Lipinski definition) is 4. The van der Waals surface area contributed by atoms with Gasteiger partial charge in [-0.25, -0.2) is 4.79 Å². The van der Waals surface area contributed by atoms with Crippen LogP contribution in [0.1, 0.15) is 77.1 Å². The van der Waals surface area contributed by atoms with E-state index in [4.69, 9.17) is 9.47 Å². The molecule has 0 saturated carbocycles. The molecule has 3 rings (SSSR count). The van der Waals surface area contributed by atoms with Crippen molar-refractivity contribution in [3.05, 3.63) is 83.4 Å². The predicted octanol–water partition coefficient (Wildman–Crippen LogP) is 6.88. The number of phenolic OH excluding ortho intramolecular Hbond substituents is 2. The Kier molecular flexibility index (Phi) is 12.7. The van der Waals surface area contributed by atoms with Crippen LogP contribution in [0.15, 0.2) is 66.7 Å². The summed E-state index contributed by atoms with van der Waals surface area (Å²) in [7, 11) is 1.55. The average molecular weight is 648 g/mol. The number of nitrogens with zero attached hydrogens (tertiary/aromatic N) is 1. The van der Waals surface area contributed by atoms with Crippen LogP contribution in [-0.2, 0) is 20.7 Å². The molecule has 0 bridgehead atoms. The number of rotatable bonds is 13. The Labute approximate surface area is 278 Å². The summed E-state index contributed by atoms with van der Waals surface area (Å²) >= 11 is 0. The molecule has 0 aliphatic heterocycles. The fourth-order valence-corrected chi connectivity index (χ4v) is 5.21. The zero-order valence-electron chi connectivity index (χ0n) is 28.7. The largest absolute Gasteiger partial charge is 0.508 e. The number of aryl methyl sites for hydroxylation is 1. The molecule has 4 N–H and O–H groups in total. The van der Waals surface area contributed by atoms with Gasteiger partial charge in [-0.3, -0.25) is 9.59 Å². The van der Waals surface area contributed by atoms with Gasteiger partial charge in [-0.2, -0.15) is 0 Å². The van der Waals surface area contributed by atoms with Gasteiger partial charge in [-0.1, -0.05) is 44.2 Å². The number of para-hydroxylation sites is 1. The van der Waals surface area contributed by atoms with Gasteiger partial charge in [-0.05, 0) is 101 Å². The zero-order valence-corrected chi connectivity index (χ0v) is 28.7. The number of carbonyl (C=O) groups is 3. The van der Waals surface area contributed by atoms with Crippen molar-refractivity contribution in [1.82, 2.24) is 10.2 Å². The van der Waals surface area contributed by atoms with E-state index in [1.54, 1.807) is 89.4 Å². The first-order valence-electron chi connectivity index (χ1n) is 15.9. The van der Waals surface area contributed by atoms with E-state index in [0.29, 0.717) is 34.9 Å². The molecule has 10 heteroatoms. The molecule has 0 aromatic heterocycles. The summed E-state index contributed by atoms with van der Waals surface area (Å²) < 4.78 is 10.8. The van der Waals surface area contributed by atoms with Gasteiger partial charge in [0, 0.05) is 23.7 Å². The molecule has 0 aliphatic carbocycles. The molecular formula is C37H49N3O7. The van der Waals surface area contributed by atoms with E-state index in [2.05, 4.69) is 24.5 Å². The zero-order chi connectivity index (χ0) is 34.9. The van der Waals surface area contributed by atoms with Crippen molar-refractivity contribution >= 4 is 23.6 Å². The maximum absolute atomic E-state index is 14.9. The first kappa shape index (κ1) is 36.7. The molecule has 0 radical (unpaired) electrons. The van der Waals surface area contributed by atoms with Crippen LogP contribution >= 0.6 is 0 Å². The first-order valence-corrected chi connectivity index (χ1v) is 15.9. The van der Waals surface area contributed by atoms with Gasteiger partial charge in [0.05, 0.1) is 7.11 Å². The van der Waals surface area contributed by atoms with E-state index in [1.165, 1.54) is 17.0 Å². The fourth-order valence-electron chi connectivity index (χ4n) is 5.21. The lowest BCUT2D eigenvalue weighted by atomic mass is 9.94. The summed E-state index contributed by atoms with van der Waals surface area (Å²) in [4.78, 5) is 43.8. The summed E-state index contributed by atoms with van der Waals surface area (Å²) in [5.41, 5.74) is 1.11. The van der Waals surface area contributed by atoms with Gasteiger partial charge in [0.25, 0.3) is 5.91 Å². The molecule has 3 aromatic rings. The van der Waals surface area contributed by atoms with Gasteiger partial charge in [0.1, 0.15) is 34.9 Å². The maximum Gasteiger partial charge on any atom is 0.408 e. The monoisotopic (exact) mass is 647 g/mol. The summed E-state index contributed by atoms with van der Waals surface area (Å²) in [6.45, 7) is 12.9. The molecule has 3 atom stereocenters. The van der Waals surface area contributed by atoms with E-state index in [-0.39, 0.29) is 23.5 Å². The number of carbonyl (C=O) groups excluding carboxylic acids is 3. The molecule has 3 amide bonds. The molecular weight excluding hydrogens is 598 g/mol. The van der Waals surface area contributed by atoms with Crippen molar-refractivity contribution in [1.29, 1.82) is 0 Å². The van der Waals surface area contributed by atoms with Crippen molar-refractivity contribution in [3.8, 4) is 17.2 Å². The Hall–Kier alpha value is -4.73. The van der Waals surface area contributed by atoms with Crippen LogP contribution in [-0.4, -0.2) is 57.8 Å². The minimum Gasteiger partial charge on any atom is -0.508 e. The quantitative estimate of drug-likeness (QED) is 0.159. The van der Waals surface area contributed by atoms with E-state index in [0.717, 1.165) is 6.42 Å².